The van der Waals surface area contributed by atoms with Crippen LogP contribution >= 0.6 is 0 Å². The topological polar surface area (TPSA) is 57.2 Å². The molecule has 120 valence electrons. The van der Waals surface area contributed by atoms with Crippen molar-refractivity contribution in [3.05, 3.63) is 29.3 Å². The van der Waals surface area contributed by atoms with Crippen LogP contribution in [0.25, 0.3) is 0 Å². The number of aliphatic hydroxyl groups excluding tert-OH is 1. The molecule has 1 aromatic carbocycles. The van der Waals surface area contributed by atoms with E-state index in [0.717, 1.165) is 17.5 Å². The van der Waals surface area contributed by atoms with Gasteiger partial charge < -0.3 is 24.1 Å². The molecular weight excluding hydrogens is 272 g/mol. The predicted octanol–water partition coefficient (Wildman–Crippen LogP) is 2.11. The first-order valence-electron chi connectivity index (χ1n) is 7.16. The van der Waals surface area contributed by atoms with Crippen molar-refractivity contribution in [1.82, 2.24) is 0 Å². The maximum absolute atomic E-state index is 10.2. The average Bonchev–Trinajstić information content (AvgIpc) is 2.49. The van der Waals surface area contributed by atoms with Crippen molar-refractivity contribution in [2.24, 2.45) is 0 Å². The first kappa shape index (κ1) is 17.9. The van der Waals surface area contributed by atoms with Gasteiger partial charge in [-0.05, 0) is 25.5 Å². The van der Waals surface area contributed by atoms with Gasteiger partial charge in [0.25, 0.3) is 0 Å². The van der Waals surface area contributed by atoms with E-state index in [9.17, 15) is 5.11 Å². The molecule has 0 aliphatic carbocycles. The van der Waals surface area contributed by atoms with E-state index in [1.807, 2.05) is 25.1 Å². The molecule has 5 nitrogen and oxygen atoms in total. The molecule has 1 unspecified atom stereocenters. The molecular formula is C16H26O5. The molecule has 1 aromatic rings. The Morgan fingerprint density at radius 3 is 2.52 bits per heavy atom. The fraction of sp³-hybridized carbons (Fsp3) is 0.625. The van der Waals surface area contributed by atoms with E-state index in [4.69, 9.17) is 18.9 Å². The van der Waals surface area contributed by atoms with Gasteiger partial charge in [0.2, 0.25) is 0 Å². The fourth-order valence-corrected chi connectivity index (χ4v) is 1.91. The van der Waals surface area contributed by atoms with Crippen LogP contribution in [0.1, 0.15) is 23.7 Å². The Morgan fingerprint density at radius 1 is 1.05 bits per heavy atom. The van der Waals surface area contributed by atoms with Crippen molar-refractivity contribution < 1.29 is 24.1 Å². The Hall–Kier alpha value is -1.14. The number of rotatable bonds is 11. The Balaban J connectivity index is 2.24. The van der Waals surface area contributed by atoms with Crippen LogP contribution in [0, 0.1) is 6.92 Å². The lowest BCUT2D eigenvalue weighted by Crippen LogP contribution is -2.11. The van der Waals surface area contributed by atoms with Gasteiger partial charge in [0, 0.05) is 25.9 Å². The second kappa shape index (κ2) is 10.6. The van der Waals surface area contributed by atoms with Crippen LogP contribution in [0.2, 0.25) is 0 Å². The summed E-state index contributed by atoms with van der Waals surface area (Å²) in [6.45, 7) is 4.61. The normalized spacial score (nSPS) is 12.4. The molecule has 0 saturated heterocycles. The number of hydrogen-bond donors (Lipinski definition) is 1. The molecule has 1 rings (SSSR count). The lowest BCUT2D eigenvalue weighted by atomic mass is 10.1. The zero-order chi connectivity index (χ0) is 15.5. The summed E-state index contributed by atoms with van der Waals surface area (Å²) in [6.07, 6.45) is 0.107. The van der Waals surface area contributed by atoms with E-state index in [1.165, 1.54) is 0 Å². The van der Waals surface area contributed by atoms with Gasteiger partial charge >= 0.3 is 0 Å². The van der Waals surface area contributed by atoms with Crippen LogP contribution in [0.4, 0.5) is 0 Å². The lowest BCUT2D eigenvalue weighted by molar-refractivity contribution is 0.0174. The number of hydrogen-bond acceptors (Lipinski definition) is 5. The molecule has 0 saturated carbocycles. The van der Waals surface area contributed by atoms with Crippen LogP contribution < -0.4 is 4.74 Å². The Bertz CT molecular complexity index is 394. The molecule has 0 fully saturated rings. The first-order chi connectivity index (χ1) is 10.2. The average molecular weight is 298 g/mol. The molecule has 0 aliphatic rings. The summed E-state index contributed by atoms with van der Waals surface area (Å²) < 4.78 is 20.9. The SMILES string of the molecule is COCCOCCCOCC(O)c1cc(C)ccc1OC. The van der Waals surface area contributed by atoms with Gasteiger partial charge in [-0.15, -0.1) is 0 Å². The van der Waals surface area contributed by atoms with E-state index in [0.29, 0.717) is 32.2 Å². The second-order valence-corrected chi connectivity index (χ2v) is 4.79. The molecule has 5 heteroatoms. The maximum atomic E-state index is 10.2. The maximum Gasteiger partial charge on any atom is 0.124 e. The minimum Gasteiger partial charge on any atom is -0.496 e. The Labute approximate surface area is 126 Å². The summed E-state index contributed by atoms with van der Waals surface area (Å²) in [5, 5.41) is 10.2. The van der Waals surface area contributed by atoms with Crippen molar-refractivity contribution in [2.75, 3.05) is 47.3 Å². The van der Waals surface area contributed by atoms with Gasteiger partial charge in [0.05, 0.1) is 26.9 Å². The number of benzene rings is 1. The van der Waals surface area contributed by atoms with Gasteiger partial charge in [-0.25, -0.2) is 0 Å². The van der Waals surface area contributed by atoms with E-state index < -0.39 is 6.10 Å². The molecule has 0 radical (unpaired) electrons. The zero-order valence-corrected chi connectivity index (χ0v) is 13.1. The quantitative estimate of drug-likeness (QED) is 0.634. The van der Waals surface area contributed by atoms with Crippen molar-refractivity contribution in [2.45, 2.75) is 19.4 Å². The standard InChI is InChI=1S/C16H26O5/c1-13-5-6-16(19-3)14(11-13)15(17)12-21-8-4-7-20-10-9-18-2/h5-6,11,15,17H,4,7-10,12H2,1-3H3. The molecule has 0 aromatic heterocycles. The predicted molar refractivity (Wildman–Crippen MR) is 80.8 cm³/mol. The highest BCUT2D eigenvalue weighted by Gasteiger charge is 2.13. The Morgan fingerprint density at radius 2 is 1.81 bits per heavy atom. The largest absolute Gasteiger partial charge is 0.496 e. The van der Waals surface area contributed by atoms with Crippen molar-refractivity contribution in [3.8, 4) is 5.75 Å². The van der Waals surface area contributed by atoms with Crippen LogP contribution in [-0.4, -0.2) is 52.4 Å². The van der Waals surface area contributed by atoms with Gasteiger partial charge in [0.15, 0.2) is 0 Å². The summed E-state index contributed by atoms with van der Waals surface area (Å²) in [6, 6.07) is 5.73. The van der Waals surface area contributed by atoms with E-state index >= 15 is 0 Å². The van der Waals surface area contributed by atoms with Crippen molar-refractivity contribution in [1.29, 1.82) is 0 Å². The summed E-state index contributed by atoms with van der Waals surface area (Å²) >= 11 is 0. The summed E-state index contributed by atoms with van der Waals surface area (Å²) in [5.74, 6) is 0.680. The molecule has 0 amide bonds. The van der Waals surface area contributed by atoms with Crippen molar-refractivity contribution in [3.63, 3.8) is 0 Å². The van der Waals surface area contributed by atoms with Crippen molar-refractivity contribution >= 4 is 0 Å². The van der Waals surface area contributed by atoms with Gasteiger partial charge in [-0.2, -0.15) is 0 Å². The molecule has 0 aliphatic heterocycles. The number of methoxy groups -OCH3 is 2. The molecule has 1 N–H and O–H groups in total. The second-order valence-electron chi connectivity index (χ2n) is 4.79. The van der Waals surface area contributed by atoms with Gasteiger partial charge in [-0.1, -0.05) is 11.6 Å². The van der Waals surface area contributed by atoms with E-state index in [2.05, 4.69) is 0 Å². The van der Waals surface area contributed by atoms with Crippen LogP contribution in [0.3, 0.4) is 0 Å². The number of aryl methyl sites for hydroxylation is 1. The number of aliphatic hydroxyl groups is 1. The molecule has 21 heavy (non-hydrogen) atoms. The first-order valence-corrected chi connectivity index (χ1v) is 7.16. The van der Waals surface area contributed by atoms with E-state index in [-0.39, 0.29) is 6.61 Å². The minimum atomic E-state index is -0.686. The lowest BCUT2D eigenvalue weighted by Gasteiger charge is -2.15. The molecule has 0 spiro atoms. The summed E-state index contributed by atoms with van der Waals surface area (Å²) in [5.41, 5.74) is 1.84. The smallest absolute Gasteiger partial charge is 0.124 e. The number of ether oxygens (including phenoxy) is 4. The van der Waals surface area contributed by atoms with Gasteiger partial charge in [-0.3, -0.25) is 0 Å². The Kier molecular flexibility index (Phi) is 9.01. The summed E-state index contributed by atoms with van der Waals surface area (Å²) in [4.78, 5) is 0. The third-order valence-electron chi connectivity index (χ3n) is 3.03. The monoisotopic (exact) mass is 298 g/mol. The van der Waals surface area contributed by atoms with Crippen LogP contribution in [0.5, 0.6) is 5.75 Å². The van der Waals surface area contributed by atoms with Crippen LogP contribution in [0.15, 0.2) is 18.2 Å². The summed E-state index contributed by atoms with van der Waals surface area (Å²) in [7, 11) is 3.24. The highest BCUT2D eigenvalue weighted by molar-refractivity contribution is 5.38. The molecule has 0 bridgehead atoms. The third kappa shape index (κ3) is 6.91. The van der Waals surface area contributed by atoms with E-state index in [1.54, 1.807) is 14.2 Å². The third-order valence-corrected chi connectivity index (χ3v) is 3.03. The minimum absolute atomic E-state index is 0.248. The molecule has 1 atom stereocenters. The highest BCUT2D eigenvalue weighted by atomic mass is 16.5. The zero-order valence-electron chi connectivity index (χ0n) is 13.1. The van der Waals surface area contributed by atoms with Gasteiger partial charge in [0.1, 0.15) is 11.9 Å². The fourth-order valence-electron chi connectivity index (χ4n) is 1.91. The molecule has 0 heterocycles. The highest BCUT2D eigenvalue weighted by Crippen LogP contribution is 2.26. The van der Waals surface area contributed by atoms with Crippen LogP contribution in [-0.2, 0) is 14.2 Å².